The molecule has 1 unspecified atom stereocenters. The smallest absolute Gasteiger partial charge is 0.416 e. The van der Waals surface area contributed by atoms with E-state index < -0.39 is 53.0 Å². The van der Waals surface area contributed by atoms with Gasteiger partial charge in [0.25, 0.3) is 0 Å². The van der Waals surface area contributed by atoms with Gasteiger partial charge in [0.05, 0.1) is 23.8 Å². The van der Waals surface area contributed by atoms with Crippen LogP contribution < -0.4 is 5.32 Å². The van der Waals surface area contributed by atoms with E-state index in [-0.39, 0.29) is 12.7 Å². The van der Waals surface area contributed by atoms with E-state index >= 15 is 0 Å². The van der Waals surface area contributed by atoms with Crippen LogP contribution in [0.4, 0.5) is 30.7 Å². The Morgan fingerprint density at radius 2 is 1.53 bits per heavy atom. The van der Waals surface area contributed by atoms with Crippen molar-refractivity contribution < 1.29 is 40.2 Å². The quantitative estimate of drug-likeness (QED) is 0.506. The van der Waals surface area contributed by atoms with Crippen molar-refractivity contribution >= 4 is 5.76 Å². The van der Waals surface area contributed by atoms with Crippen LogP contribution in [0.2, 0.25) is 0 Å². The zero-order chi connectivity index (χ0) is 22.1. The number of morpholine rings is 1. The molecule has 3 nitrogen and oxygen atoms in total. The molecule has 162 valence electrons. The van der Waals surface area contributed by atoms with Crippen molar-refractivity contribution in [3.63, 3.8) is 0 Å². The van der Waals surface area contributed by atoms with E-state index in [9.17, 15) is 30.7 Å². The van der Waals surface area contributed by atoms with Gasteiger partial charge in [-0.3, -0.25) is 0 Å². The van der Waals surface area contributed by atoms with Gasteiger partial charge in [-0.2, -0.15) is 26.3 Å². The molecule has 1 fully saturated rings. The Morgan fingerprint density at radius 1 is 0.967 bits per heavy atom. The van der Waals surface area contributed by atoms with Crippen molar-refractivity contribution in [1.82, 2.24) is 5.32 Å². The second kappa shape index (κ2) is 8.27. The summed E-state index contributed by atoms with van der Waals surface area (Å²) in [6.07, 6.45) is -11.1. The van der Waals surface area contributed by atoms with Gasteiger partial charge in [0.2, 0.25) is 6.29 Å². The predicted molar refractivity (Wildman–Crippen MR) is 93.4 cm³/mol. The first-order chi connectivity index (χ1) is 13.9. The molecule has 1 heterocycles. The Kier molecular flexibility index (Phi) is 6.09. The van der Waals surface area contributed by atoms with Crippen LogP contribution in [-0.2, 0) is 21.8 Å². The summed E-state index contributed by atoms with van der Waals surface area (Å²) < 4.78 is 103. The maximum atomic E-state index is 13.2. The monoisotopic (exact) mass is 435 g/mol. The highest BCUT2D eigenvalue weighted by Gasteiger charge is 2.37. The third-order valence-electron chi connectivity index (χ3n) is 4.42. The van der Waals surface area contributed by atoms with E-state index in [1.54, 1.807) is 0 Å². The molecule has 10 heteroatoms. The molecule has 2 atom stereocenters. The number of ether oxygens (including phenoxy) is 2. The highest BCUT2D eigenvalue weighted by atomic mass is 19.4. The van der Waals surface area contributed by atoms with E-state index in [4.69, 9.17) is 9.47 Å². The first-order valence-electron chi connectivity index (χ1n) is 8.71. The molecule has 0 radical (unpaired) electrons. The molecule has 2 aromatic carbocycles. The lowest BCUT2D eigenvalue weighted by Gasteiger charge is -2.33. The Bertz CT molecular complexity index is 875. The van der Waals surface area contributed by atoms with E-state index in [0.717, 1.165) is 0 Å². The maximum absolute atomic E-state index is 13.2. The topological polar surface area (TPSA) is 30.5 Å². The van der Waals surface area contributed by atoms with Gasteiger partial charge in [-0.1, -0.05) is 18.7 Å². The molecule has 1 N–H and O–H groups in total. The normalized spacial score (nSPS) is 20.1. The minimum atomic E-state index is -4.99. The third-order valence-corrected chi connectivity index (χ3v) is 4.42. The molecule has 2 aromatic rings. The first-order valence-corrected chi connectivity index (χ1v) is 8.71. The molecule has 0 spiro atoms. The van der Waals surface area contributed by atoms with Gasteiger partial charge in [0.1, 0.15) is 11.6 Å². The van der Waals surface area contributed by atoms with Crippen molar-refractivity contribution in [3.8, 4) is 0 Å². The maximum Gasteiger partial charge on any atom is 0.416 e. The Hall–Kier alpha value is -2.59. The van der Waals surface area contributed by atoms with Crippen LogP contribution in [0.5, 0.6) is 0 Å². The molecule has 0 bridgehead atoms. The van der Waals surface area contributed by atoms with Gasteiger partial charge in [0, 0.05) is 12.1 Å². The fraction of sp³-hybridized carbons (Fsp3) is 0.300. The molecular formula is C20H16F7NO2. The molecule has 1 saturated heterocycles. The van der Waals surface area contributed by atoms with Crippen LogP contribution in [-0.4, -0.2) is 19.4 Å². The average Bonchev–Trinajstić information content (AvgIpc) is 2.67. The fourth-order valence-corrected chi connectivity index (χ4v) is 2.95. The molecule has 1 aliphatic rings. The third kappa shape index (κ3) is 5.11. The summed E-state index contributed by atoms with van der Waals surface area (Å²) in [6, 6.07) is 5.79. The van der Waals surface area contributed by atoms with Gasteiger partial charge in [-0.15, -0.1) is 0 Å². The van der Waals surface area contributed by atoms with E-state index in [2.05, 4.69) is 11.9 Å². The summed E-state index contributed by atoms with van der Waals surface area (Å²) in [5.41, 5.74) is -2.87. The van der Waals surface area contributed by atoms with Gasteiger partial charge in [0.15, 0.2) is 0 Å². The SMILES string of the molecule is C=C(OC1OCCN[C@H]1c1ccc(F)cc1)c1cc(C(F)(F)F)cc(C(F)(F)F)c1. The average molecular weight is 435 g/mol. The summed E-state index contributed by atoms with van der Waals surface area (Å²) in [4.78, 5) is 0. The standard InChI is InChI=1S/C20H16F7NO2/c1-11(13-8-14(19(22,23)24)10-15(9-13)20(25,26)27)30-18-17(28-6-7-29-18)12-2-4-16(21)5-3-12/h2-5,8-10,17-18,28H,1,6-7H2/t17-,18?/m0/s1. The van der Waals surface area contributed by atoms with Crippen LogP contribution in [0.3, 0.4) is 0 Å². The zero-order valence-electron chi connectivity index (χ0n) is 15.3. The first kappa shape index (κ1) is 22.1. The lowest BCUT2D eigenvalue weighted by Crippen LogP contribution is -2.43. The van der Waals surface area contributed by atoms with Crippen molar-refractivity contribution in [3.05, 3.63) is 77.1 Å². The van der Waals surface area contributed by atoms with Crippen molar-refractivity contribution in [2.24, 2.45) is 0 Å². The largest absolute Gasteiger partial charge is 0.463 e. The van der Waals surface area contributed by atoms with E-state index in [1.807, 2.05) is 0 Å². The summed E-state index contributed by atoms with van der Waals surface area (Å²) in [6.45, 7) is 4.08. The van der Waals surface area contributed by atoms with Gasteiger partial charge < -0.3 is 14.8 Å². The van der Waals surface area contributed by atoms with Crippen molar-refractivity contribution in [1.29, 1.82) is 0 Å². The van der Waals surface area contributed by atoms with Crippen molar-refractivity contribution in [2.75, 3.05) is 13.2 Å². The Balaban J connectivity index is 1.89. The second-order valence-corrected chi connectivity index (χ2v) is 6.56. The molecule has 0 aromatic heterocycles. The molecule has 30 heavy (non-hydrogen) atoms. The summed E-state index contributed by atoms with van der Waals surface area (Å²) in [5, 5.41) is 3.06. The van der Waals surface area contributed by atoms with E-state index in [1.165, 1.54) is 24.3 Å². The fourth-order valence-electron chi connectivity index (χ4n) is 2.95. The highest BCUT2D eigenvalue weighted by molar-refractivity contribution is 5.60. The number of benzene rings is 2. The Labute approximate surface area is 167 Å². The van der Waals surface area contributed by atoms with Gasteiger partial charge >= 0.3 is 12.4 Å². The molecular weight excluding hydrogens is 419 g/mol. The second-order valence-electron chi connectivity index (χ2n) is 6.56. The Morgan fingerprint density at radius 3 is 2.07 bits per heavy atom. The van der Waals surface area contributed by atoms with Crippen LogP contribution in [0.1, 0.15) is 28.3 Å². The predicted octanol–water partition coefficient (Wildman–Crippen LogP) is 5.54. The summed E-state index contributed by atoms with van der Waals surface area (Å²) >= 11 is 0. The summed E-state index contributed by atoms with van der Waals surface area (Å²) in [7, 11) is 0. The zero-order valence-corrected chi connectivity index (χ0v) is 15.3. The van der Waals surface area contributed by atoms with Crippen LogP contribution in [0.25, 0.3) is 5.76 Å². The minimum absolute atomic E-state index is 0.0246. The molecule has 0 aliphatic carbocycles. The molecule has 3 rings (SSSR count). The number of nitrogens with one attached hydrogen (secondary N) is 1. The summed E-state index contributed by atoms with van der Waals surface area (Å²) in [5.74, 6) is -0.895. The van der Waals surface area contributed by atoms with Crippen LogP contribution in [0.15, 0.2) is 49.0 Å². The minimum Gasteiger partial charge on any atom is -0.463 e. The van der Waals surface area contributed by atoms with Gasteiger partial charge in [-0.25, -0.2) is 4.39 Å². The number of hydrogen-bond donors (Lipinski definition) is 1. The van der Waals surface area contributed by atoms with Crippen LogP contribution in [0, 0.1) is 5.82 Å². The highest BCUT2D eigenvalue weighted by Crippen LogP contribution is 2.38. The lowest BCUT2D eigenvalue weighted by molar-refractivity contribution is -0.143. The number of rotatable bonds is 4. The molecule has 1 aliphatic heterocycles. The number of alkyl halides is 6. The molecule has 0 amide bonds. The van der Waals surface area contributed by atoms with E-state index in [0.29, 0.717) is 24.2 Å². The number of hydrogen-bond acceptors (Lipinski definition) is 3. The number of halogens is 7. The van der Waals surface area contributed by atoms with Crippen molar-refractivity contribution in [2.45, 2.75) is 24.7 Å². The molecule has 0 saturated carbocycles. The lowest BCUT2D eigenvalue weighted by atomic mass is 10.0. The van der Waals surface area contributed by atoms with Crippen LogP contribution >= 0.6 is 0 Å². The van der Waals surface area contributed by atoms with Gasteiger partial charge in [-0.05, 0) is 35.9 Å².